The van der Waals surface area contributed by atoms with Crippen molar-refractivity contribution in [2.45, 2.75) is 4.33 Å². The van der Waals surface area contributed by atoms with E-state index in [1.54, 1.807) is 7.11 Å². The molecule has 0 aliphatic heterocycles. The van der Waals surface area contributed by atoms with Gasteiger partial charge in [0.05, 0.1) is 7.11 Å². The minimum absolute atomic E-state index is 0.682. The molecule has 0 unspecified atom stereocenters. The molecular weight excluding hydrogens is 255 g/mol. The van der Waals surface area contributed by atoms with Gasteiger partial charge in [0, 0.05) is 5.56 Å². The van der Waals surface area contributed by atoms with Crippen LogP contribution < -0.4 is 4.74 Å². The summed E-state index contributed by atoms with van der Waals surface area (Å²) in [7, 11) is 1.60. The van der Waals surface area contributed by atoms with Crippen molar-refractivity contribution in [3.8, 4) is 5.75 Å². The van der Waals surface area contributed by atoms with E-state index in [-0.39, 0.29) is 0 Å². The molecule has 0 saturated carbocycles. The normalized spacial score (nSPS) is 11.2. The summed E-state index contributed by atoms with van der Waals surface area (Å²) in [6.45, 7) is 0. The molecular formula is C14H12Cl2O. The van der Waals surface area contributed by atoms with Gasteiger partial charge in [-0.25, -0.2) is 0 Å². The van der Waals surface area contributed by atoms with E-state index in [1.807, 2.05) is 54.6 Å². The Morgan fingerprint density at radius 3 is 2.12 bits per heavy atom. The van der Waals surface area contributed by atoms with Crippen molar-refractivity contribution in [1.82, 2.24) is 0 Å². The van der Waals surface area contributed by atoms with Crippen LogP contribution in [0.4, 0.5) is 0 Å². The molecule has 0 N–H and O–H groups in total. The van der Waals surface area contributed by atoms with E-state index in [2.05, 4.69) is 0 Å². The standard InChI is InChI=1S/C14H12Cl2O/c1-17-13-10-6-5-9-12(13)14(15,16)11-7-3-2-4-8-11/h2-10H,1H3. The molecule has 0 radical (unpaired) electrons. The van der Waals surface area contributed by atoms with Crippen molar-refractivity contribution in [1.29, 1.82) is 0 Å². The van der Waals surface area contributed by atoms with E-state index < -0.39 is 4.33 Å². The summed E-state index contributed by atoms with van der Waals surface area (Å²) in [6, 6.07) is 17.0. The molecule has 0 aliphatic rings. The summed E-state index contributed by atoms with van der Waals surface area (Å²) in [5, 5.41) is 0. The first-order chi connectivity index (χ1) is 8.16. The van der Waals surface area contributed by atoms with Gasteiger partial charge in [-0.1, -0.05) is 71.7 Å². The van der Waals surface area contributed by atoms with Gasteiger partial charge in [0.25, 0.3) is 0 Å². The summed E-state index contributed by atoms with van der Waals surface area (Å²) in [5.41, 5.74) is 1.57. The second-order valence-electron chi connectivity index (χ2n) is 3.64. The molecule has 0 saturated heterocycles. The Balaban J connectivity index is 2.51. The van der Waals surface area contributed by atoms with Crippen molar-refractivity contribution in [3.63, 3.8) is 0 Å². The predicted octanol–water partition coefficient (Wildman–Crippen LogP) is 4.37. The van der Waals surface area contributed by atoms with Gasteiger partial charge in [-0.2, -0.15) is 0 Å². The average Bonchev–Trinajstić information content (AvgIpc) is 2.39. The summed E-state index contributed by atoms with van der Waals surface area (Å²) < 4.78 is 4.18. The number of hydrogen-bond donors (Lipinski definition) is 0. The summed E-state index contributed by atoms with van der Waals surface area (Å²) >= 11 is 12.9. The lowest BCUT2D eigenvalue weighted by molar-refractivity contribution is 0.409. The first kappa shape index (κ1) is 12.3. The molecule has 1 nitrogen and oxygen atoms in total. The third-order valence-electron chi connectivity index (χ3n) is 2.58. The fourth-order valence-electron chi connectivity index (χ4n) is 1.71. The third kappa shape index (κ3) is 2.41. The lowest BCUT2D eigenvalue weighted by Gasteiger charge is -2.22. The topological polar surface area (TPSA) is 9.23 Å². The highest BCUT2D eigenvalue weighted by Crippen LogP contribution is 2.44. The van der Waals surface area contributed by atoms with E-state index in [4.69, 9.17) is 27.9 Å². The van der Waals surface area contributed by atoms with Gasteiger partial charge in [-0.15, -0.1) is 0 Å². The molecule has 0 fully saturated rings. The van der Waals surface area contributed by atoms with Gasteiger partial charge in [0.15, 0.2) is 4.33 Å². The molecule has 2 rings (SSSR count). The Hall–Kier alpha value is -1.18. The minimum atomic E-state index is -1.10. The summed E-state index contributed by atoms with van der Waals surface area (Å²) in [6.07, 6.45) is 0. The molecule has 0 atom stereocenters. The molecule has 2 aromatic carbocycles. The van der Waals surface area contributed by atoms with Crippen LogP contribution in [0.3, 0.4) is 0 Å². The molecule has 0 aliphatic carbocycles. The van der Waals surface area contributed by atoms with Crippen molar-refractivity contribution >= 4 is 23.2 Å². The van der Waals surface area contributed by atoms with Gasteiger partial charge in [0.2, 0.25) is 0 Å². The molecule has 2 aromatic rings. The van der Waals surface area contributed by atoms with Crippen LogP contribution in [-0.4, -0.2) is 7.11 Å². The maximum absolute atomic E-state index is 6.46. The highest BCUT2D eigenvalue weighted by molar-refractivity contribution is 6.50. The number of para-hydroxylation sites is 1. The zero-order chi connectivity index (χ0) is 12.3. The number of benzene rings is 2. The molecule has 0 spiro atoms. The fourth-order valence-corrected chi connectivity index (χ4v) is 2.27. The fraction of sp³-hybridized carbons (Fsp3) is 0.143. The lowest BCUT2D eigenvalue weighted by atomic mass is 10.0. The van der Waals surface area contributed by atoms with Crippen LogP contribution in [0.1, 0.15) is 11.1 Å². The number of alkyl halides is 2. The van der Waals surface area contributed by atoms with Gasteiger partial charge < -0.3 is 4.74 Å². The average molecular weight is 267 g/mol. The van der Waals surface area contributed by atoms with Gasteiger partial charge in [0.1, 0.15) is 5.75 Å². The monoisotopic (exact) mass is 266 g/mol. The smallest absolute Gasteiger partial charge is 0.171 e. The van der Waals surface area contributed by atoms with Crippen molar-refractivity contribution in [2.24, 2.45) is 0 Å². The van der Waals surface area contributed by atoms with Gasteiger partial charge in [-0.05, 0) is 11.6 Å². The Morgan fingerprint density at radius 1 is 0.882 bits per heavy atom. The SMILES string of the molecule is COc1ccccc1C(Cl)(Cl)c1ccccc1. The van der Waals surface area contributed by atoms with Crippen LogP contribution in [0.25, 0.3) is 0 Å². The molecule has 0 amide bonds. The number of halogens is 2. The largest absolute Gasteiger partial charge is 0.496 e. The van der Waals surface area contributed by atoms with Crippen LogP contribution in [0, 0.1) is 0 Å². The Labute approximate surface area is 111 Å². The van der Waals surface area contributed by atoms with Crippen LogP contribution in [0.5, 0.6) is 5.75 Å². The zero-order valence-electron chi connectivity index (χ0n) is 9.36. The van der Waals surface area contributed by atoms with E-state index in [9.17, 15) is 0 Å². The quantitative estimate of drug-likeness (QED) is 0.750. The van der Waals surface area contributed by atoms with Crippen LogP contribution in [0.15, 0.2) is 54.6 Å². The van der Waals surface area contributed by atoms with E-state index in [0.717, 1.165) is 11.1 Å². The zero-order valence-corrected chi connectivity index (χ0v) is 10.9. The minimum Gasteiger partial charge on any atom is -0.496 e. The molecule has 0 heterocycles. The van der Waals surface area contributed by atoms with Crippen LogP contribution in [0.2, 0.25) is 0 Å². The van der Waals surface area contributed by atoms with Crippen molar-refractivity contribution in [3.05, 3.63) is 65.7 Å². The van der Waals surface area contributed by atoms with E-state index in [1.165, 1.54) is 0 Å². The van der Waals surface area contributed by atoms with Gasteiger partial charge in [-0.3, -0.25) is 0 Å². The highest BCUT2D eigenvalue weighted by Gasteiger charge is 2.31. The first-order valence-corrected chi connectivity index (χ1v) is 5.98. The first-order valence-electron chi connectivity index (χ1n) is 5.23. The molecule has 0 bridgehead atoms. The summed E-state index contributed by atoms with van der Waals surface area (Å²) in [4.78, 5) is 0. The number of hydrogen-bond acceptors (Lipinski definition) is 1. The van der Waals surface area contributed by atoms with Crippen molar-refractivity contribution in [2.75, 3.05) is 7.11 Å². The Bertz CT molecular complexity index is 495. The second-order valence-corrected chi connectivity index (χ2v) is 4.97. The number of ether oxygens (including phenoxy) is 1. The summed E-state index contributed by atoms with van der Waals surface area (Å²) in [5.74, 6) is 0.682. The number of rotatable bonds is 3. The molecule has 17 heavy (non-hydrogen) atoms. The van der Waals surface area contributed by atoms with E-state index >= 15 is 0 Å². The second kappa shape index (κ2) is 4.99. The molecule has 88 valence electrons. The van der Waals surface area contributed by atoms with E-state index in [0.29, 0.717) is 5.75 Å². The van der Waals surface area contributed by atoms with Crippen molar-refractivity contribution < 1.29 is 4.74 Å². The van der Waals surface area contributed by atoms with Crippen LogP contribution >= 0.6 is 23.2 Å². The Morgan fingerprint density at radius 2 is 1.47 bits per heavy atom. The molecule has 3 heteroatoms. The third-order valence-corrected chi connectivity index (χ3v) is 3.43. The maximum Gasteiger partial charge on any atom is 0.171 e. The van der Waals surface area contributed by atoms with Crippen LogP contribution in [-0.2, 0) is 4.33 Å². The Kier molecular flexibility index (Phi) is 3.60. The molecule has 0 aromatic heterocycles. The van der Waals surface area contributed by atoms with Gasteiger partial charge >= 0.3 is 0 Å². The lowest BCUT2D eigenvalue weighted by Crippen LogP contribution is -2.13. The predicted molar refractivity (Wildman–Crippen MR) is 71.9 cm³/mol. The number of methoxy groups -OCH3 is 1. The highest BCUT2D eigenvalue weighted by atomic mass is 35.5. The maximum atomic E-state index is 6.46.